The van der Waals surface area contributed by atoms with Gasteiger partial charge in [-0.05, 0) is 76.5 Å². The number of hydrogen-bond donors (Lipinski definition) is 2. The summed E-state index contributed by atoms with van der Waals surface area (Å²) < 4.78 is 15.3. The molecule has 0 bridgehead atoms. The van der Waals surface area contributed by atoms with Crippen LogP contribution < -0.4 is 10.2 Å². The van der Waals surface area contributed by atoms with Gasteiger partial charge in [0.15, 0.2) is 5.65 Å². The van der Waals surface area contributed by atoms with Gasteiger partial charge in [0.05, 0.1) is 5.69 Å². The first-order valence-corrected chi connectivity index (χ1v) is 11.5. The first-order chi connectivity index (χ1) is 16.3. The lowest BCUT2D eigenvalue weighted by atomic mass is 10.0. The van der Waals surface area contributed by atoms with Gasteiger partial charge in [-0.15, -0.1) is 5.10 Å². The van der Waals surface area contributed by atoms with Crippen LogP contribution >= 0.6 is 0 Å². The molecular formula is C25H28FN7O. The average Bonchev–Trinajstić information content (AvgIpc) is 3.24. The van der Waals surface area contributed by atoms with E-state index < -0.39 is 5.60 Å². The minimum Gasteiger partial charge on any atom is -0.384 e. The number of rotatable bonds is 5. The minimum atomic E-state index is -1.14. The second-order valence-corrected chi connectivity index (χ2v) is 9.21. The number of aromatic nitrogens is 5. The van der Waals surface area contributed by atoms with Gasteiger partial charge in [-0.2, -0.15) is 4.98 Å². The quantitative estimate of drug-likeness (QED) is 0.468. The predicted molar refractivity (Wildman–Crippen MR) is 128 cm³/mol. The van der Waals surface area contributed by atoms with Gasteiger partial charge in [0.1, 0.15) is 23.6 Å². The van der Waals surface area contributed by atoms with E-state index in [2.05, 4.69) is 20.2 Å². The third-order valence-corrected chi connectivity index (χ3v) is 6.18. The summed E-state index contributed by atoms with van der Waals surface area (Å²) in [5, 5.41) is 19.1. The predicted octanol–water partition coefficient (Wildman–Crippen LogP) is 3.75. The molecule has 4 aromatic rings. The molecule has 0 radical (unpaired) electrons. The second kappa shape index (κ2) is 8.73. The van der Waals surface area contributed by atoms with Crippen LogP contribution in [0.25, 0.3) is 16.8 Å². The smallest absolute Gasteiger partial charge is 0.251 e. The largest absolute Gasteiger partial charge is 0.384 e. The first-order valence-electron chi connectivity index (χ1n) is 11.5. The van der Waals surface area contributed by atoms with Crippen molar-refractivity contribution in [1.82, 2.24) is 29.9 Å². The van der Waals surface area contributed by atoms with E-state index in [4.69, 9.17) is 10.1 Å². The van der Waals surface area contributed by atoms with Gasteiger partial charge in [0.25, 0.3) is 5.95 Å². The fourth-order valence-electron chi connectivity index (χ4n) is 4.46. The fraction of sp³-hybridized carbons (Fsp3) is 0.360. The van der Waals surface area contributed by atoms with E-state index in [0.717, 1.165) is 48.6 Å². The van der Waals surface area contributed by atoms with Crippen LogP contribution in [-0.2, 0) is 5.60 Å². The van der Waals surface area contributed by atoms with Gasteiger partial charge in [-0.3, -0.25) is 4.90 Å². The maximum atomic E-state index is 13.6. The van der Waals surface area contributed by atoms with E-state index in [0.29, 0.717) is 17.3 Å². The molecule has 0 amide bonds. The molecule has 5 rings (SSSR count). The average molecular weight is 462 g/mol. The Bertz CT molecular complexity index is 1310. The van der Waals surface area contributed by atoms with Crippen molar-refractivity contribution in [3.8, 4) is 11.1 Å². The third-order valence-electron chi connectivity index (χ3n) is 6.18. The molecule has 3 aromatic heterocycles. The van der Waals surface area contributed by atoms with Gasteiger partial charge in [-0.1, -0.05) is 12.1 Å². The topological polar surface area (TPSA) is 91.5 Å². The van der Waals surface area contributed by atoms with E-state index in [1.165, 1.54) is 12.1 Å². The summed E-state index contributed by atoms with van der Waals surface area (Å²) >= 11 is 0. The van der Waals surface area contributed by atoms with Gasteiger partial charge in [0, 0.05) is 23.4 Å². The summed E-state index contributed by atoms with van der Waals surface area (Å²) in [6.07, 6.45) is 3.39. The summed E-state index contributed by atoms with van der Waals surface area (Å²) in [7, 11) is 0. The SMILES string of the molecule is Cc1cc(N(c2nc3c(-c4ccc(F)cc4)ccc(C(C)(C)O)n3n2)C2CCNCC2)ncn1. The zero-order valence-electron chi connectivity index (χ0n) is 19.5. The van der Waals surface area contributed by atoms with E-state index in [9.17, 15) is 9.50 Å². The van der Waals surface area contributed by atoms with Crippen molar-refractivity contribution in [2.45, 2.75) is 45.3 Å². The number of piperidine rings is 1. The summed E-state index contributed by atoms with van der Waals surface area (Å²) in [6, 6.07) is 12.1. The number of aliphatic hydroxyl groups is 1. The van der Waals surface area contributed by atoms with Gasteiger partial charge in [0.2, 0.25) is 0 Å². The van der Waals surface area contributed by atoms with Gasteiger partial charge < -0.3 is 10.4 Å². The zero-order chi connectivity index (χ0) is 23.9. The Hall–Kier alpha value is -3.43. The van der Waals surface area contributed by atoms with Crippen LogP contribution in [0, 0.1) is 12.7 Å². The Labute approximate surface area is 197 Å². The lowest BCUT2D eigenvalue weighted by Crippen LogP contribution is -2.41. The highest BCUT2D eigenvalue weighted by Crippen LogP contribution is 2.33. The van der Waals surface area contributed by atoms with Crippen molar-refractivity contribution in [3.63, 3.8) is 0 Å². The number of anilines is 2. The van der Waals surface area contributed by atoms with Crippen LogP contribution in [0.2, 0.25) is 0 Å². The van der Waals surface area contributed by atoms with Crippen LogP contribution in [0.3, 0.4) is 0 Å². The zero-order valence-corrected chi connectivity index (χ0v) is 19.5. The third kappa shape index (κ3) is 4.24. The highest BCUT2D eigenvalue weighted by atomic mass is 19.1. The molecule has 9 heteroatoms. The van der Waals surface area contributed by atoms with Crippen LogP contribution in [0.5, 0.6) is 0 Å². The molecule has 1 saturated heterocycles. The number of nitrogens with zero attached hydrogens (tertiary/aromatic N) is 6. The number of pyridine rings is 1. The molecule has 0 saturated carbocycles. The normalized spacial score (nSPS) is 15.1. The maximum Gasteiger partial charge on any atom is 0.251 e. The molecule has 1 fully saturated rings. The van der Waals surface area contributed by atoms with E-state index >= 15 is 0 Å². The Morgan fingerprint density at radius 2 is 1.82 bits per heavy atom. The van der Waals surface area contributed by atoms with Crippen molar-refractivity contribution >= 4 is 17.4 Å². The number of nitrogens with one attached hydrogen (secondary N) is 1. The molecule has 1 aliphatic rings. The van der Waals surface area contributed by atoms with Gasteiger partial charge in [-0.25, -0.2) is 18.9 Å². The molecule has 1 aromatic carbocycles. The molecule has 1 aliphatic heterocycles. The lowest BCUT2D eigenvalue weighted by molar-refractivity contribution is 0.0715. The Kier molecular flexibility index (Phi) is 5.75. The molecule has 0 spiro atoms. The number of benzene rings is 1. The number of fused-ring (bicyclic) bond motifs is 1. The molecule has 0 aliphatic carbocycles. The van der Waals surface area contributed by atoms with Crippen LogP contribution in [-0.4, -0.2) is 48.8 Å². The van der Waals surface area contributed by atoms with Crippen molar-refractivity contribution in [2.24, 2.45) is 0 Å². The standard InChI is InChI=1S/C25H28FN7O/c1-16-14-22(29-15-28-16)32(19-10-12-27-13-11-19)24-30-23-20(17-4-6-18(26)7-5-17)8-9-21(25(2,3)34)33(23)31-24/h4-9,14-15,19,27,34H,10-13H2,1-3H3. The highest BCUT2D eigenvalue weighted by molar-refractivity contribution is 5.79. The monoisotopic (exact) mass is 461 g/mol. The molecule has 8 nitrogen and oxygen atoms in total. The van der Waals surface area contributed by atoms with Crippen LogP contribution in [0.4, 0.5) is 16.2 Å². The van der Waals surface area contributed by atoms with Crippen molar-refractivity contribution in [3.05, 3.63) is 66.0 Å². The number of hydrogen-bond acceptors (Lipinski definition) is 7. The number of halogens is 1. The van der Waals surface area contributed by atoms with E-state index in [1.807, 2.05) is 25.1 Å². The van der Waals surface area contributed by atoms with E-state index in [1.54, 1.807) is 36.8 Å². The molecule has 0 atom stereocenters. The van der Waals surface area contributed by atoms with Crippen molar-refractivity contribution in [2.75, 3.05) is 18.0 Å². The molecule has 34 heavy (non-hydrogen) atoms. The Morgan fingerprint density at radius 3 is 2.50 bits per heavy atom. The highest BCUT2D eigenvalue weighted by Gasteiger charge is 2.30. The molecule has 4 heterocycles. The summed E-state index contributed by atoms with van der Waals surface area (Å²) in [5.74, 6) is 0.944. The summed E-state index contributed by atoms with van der Waals surface area (Å²) in [4.78, 5) is 15.8. The molecule has 176 valence electrons. The number of aryl methyl sites for hydroxylation is 1. The van der Waals surface area contributed by atoms with Crippen LogP contribution in [0.1, 0.15) is 38.1 Å². The minimum absolute atomic E-state index is 0.160. The molecular weight excluding hydrogens is 433 g/mol. The second-order valence-electron chi connectivity index (χ2n) is 9.21. The fourth-order valence-corrected chi connectivity index (χ4v) is 4.46. The Morgan fingerprint density at radius 1 is 1.09 bits per heavy atom. The summed E-state index contributed by atoms with van der Waals surface area (Å²) in [5.41, 5.74) is 2.53. The summed E-state index contributed by atoms with van der Waals surface area (Å²) in [6.45, 7) is 7.17. The van der Waals surface area contributed by atoms with E-state index in [-0.39, 0.29) is 11.9 Å². The van der Waals surface area contributed by atoms with Crippen molar-refractivity contribution < 1.29 is 9.50 Å². The maximum absolute atomic E-state index is 13.6. The van der Waals surface area contributed by atoms with Gasteiger partial charge >= 0.3 is 0 Å². The van der Waals surface area contributed by atoms with Crippen molar-refractivity contribution in [1.29, 1.82) is 0 Å². The first kappa shape index (κ1) is 22.4. The Balaban J connectivity index is 1.72. The molecule has 2 N–H and O–H groups in total. The molecule has 0 unspecified atom stereocenters. The van der Waals surface area contributed by atoms with Crippen LogP contribution in [0.15, 0.2) is 48.8 Å². The lowest BCUT2D eigenvalue weighted by Gasteiger charge is -2.33.